The Hall–Kier alpha value is -1.91. The van der Waals surface area contributed by atoms with Gasteiger partial charge in [0.1, 0.15) is 11.1 Å². The molecule has 112 valence electrons. The molecule has 21 heavy (non-hydrogen) atoms. The van der Waals surface area contributed by atoms with Crippen LogP contribution in [-0.2, 0) is 22.4 Å². The third-order valence-corrected chi connectivity index (χ3v) is 4.52. The van der Waals surface area contributed by atoms with Gasteiger partial charge in [0, 0.05) is 18.0 Å². The van der Waals surface area contributed by atoms with Gasteiger partial charge < -0.3 is 15.5 Å². The molecule has 1 heterocycles. The molecule has 0 radical (unpaired) electrons. The number of aryl methyl sites for hydroxylation is 1. The van der Waals surface area contributed by atoms with E-state index in [-0.39, 0.29) is 0 Å². The van der Waals surface area contributed by atoms with E-state index in [1.54, 1.807) is 0 Å². The molecule has 2 amide bonds. The molecule has 0 fully saturated rings. The first kappa shape index (κ1) is 15.5. The standard InChI is InChI=1S/C14H18N4O2S/c1-18(2)7-6-16-12(19)13(20)17-14-10(8-15)9-4-3-5-11(9)21-14/h3-7H2,1-2H3,(H,16,19)(H,17,20). The molecular weight excluding hydrogens is 288 g/mol. The summed E-state index contributed by atoms with van der Waals surface area (Å²) in [6.07, 6.45) is 2.87. The molecule has 0 unspecified atom stereocenters. The van der Waals surface area contributed by atoms with Crippen LogP contribution in [0.15, 0.2) is 0 Å². The van der Waals surface area contributed by atoms with E-state index in [1.807, 2.05) is 19.0 Å². The van der Waals surface area contributed by atoms with Crippen LogP contribution in [0, 0.1) is 11.3 Å². The number of nitrogens with zero attached hydrogens (tertiary/aromatic N) is 2. The Balaban J connectivity index is 1.97. The number of rotatable bonds is 4. The second kappa shape index (κ2) is 6.70. The molecule has 0 bridgehead atoms. The van der Waals surface area contributed by atoms with Crippen LogP contribution in [0.4, 0.5) is 5.00 Å². The van der Waals surface area contributed by atoms with Gasteiger partial charge in [0.25, 0.3) is 0 Å². The fourth-order valence-electron chi connectivity index (χ4n) is 2.24. The largest absolute Gasteiger partial charge is 0.347 e. The lowest BCUT2D eigenvalue weighted by Crippen LogP contribution is -2.38. The van der Waals surface area contributed by atoms with E-state index in [2.05, 4.69) is 16.7 Å². The third kappa shape index (κ3) is 3.60. The fourth-order valence-corrected chi connectivity index (χ4v) is 3.48. The molecule has 6 nitrogen and oxygen atoms in total. The van der Waals surface area contributed by atoms with Gasteiger partial charge in [-0.3, -0.25) is 9.59 Å². The first-order valence-corrected chi connectivity index (χ1v) is 7.63. The normalized spacial score (nSPS) is 12.9. The monoisotopic (exact) mass is 306 g/mol. The highest BCUT2D eigenvalue weighted by Gasteiger charge is 2.24. The zero-order valence-corrected chi connectivity index (χ0v) is 13.0. The summed E-state index contributed by atoms with van der Waals surface area (Å²) in [4.78, 5) is 26.6. The number of fused-ring (bicyclic) bond motifs is 1. The second-order valence-corrected chi connectivity index (χ2v) is 6.29. The van der Waals surface area contributed by atoms with Crippen molar-refractivity contribution >= 4 is 28.2 Å². The van der Waals surface area contributed by atoms with Crippen molar-refractivity contribution in [2.45, 2.75) is 19.3 Å². The maximum absolute atomic E-state index is 11.8. The van der Waals surface area contributed by atoms with Gasteiger partial charge >= 0.3 is 11.8 Å². The zero-order valence-electron chi connectivity index (χ0n) is 12.2. The number of thiophene rings is 1. The Kier molecular flexibility index (Phi) is 4.94. The van der Waals surface area contributed by atoms with E-state index in [9.17, 15) is 14.9 Å². The Bertz CT molecular complexity index is 601. The lowest BCUT2D eigenvalue weighted by atomic mass is 10.1. The van der Waals surface area contributed by atoms with E-state index < -0.39 is 11.8 Å². The lowest BCUT2D eigenvalue weighted by Gasteiger charge is -2.10. The van der Waals surface area contributed by atoms with Crippen LogP contribution >= 0.6 is 11.3 Å². The summed E-state index contributed by atoms with van der Waals surface area (Å²) in [6, 6.07) is 2.14. The lowest BCUT2D eigenvalue weighted by molar-refractivity contribution is -0.136. The van der Waals surface area contributed by atoms with Gasteiger partial charge in [-0.15, -0.1) is 11.3 Å². The average molecular weight is 306 g/mol. The van der Waals surface area contributed by atoms with Crippen LogP contribution in [0.1, 0.15) is 22.4 Å². The van der Waals surface area contributed by atoms with Gasteiger partial charge in [-0.25, -0.2) is 0 Å². The molecule has 0 atom stereocenters. The average Bonchev–Trinajstić information content (AvgIpc) is 2.98. The van der Waals surface area contributed by atoms with E-state index in [0.29, 0.717) is 23.7 Å². The van der Waals surface area contributed by atoms with Crippen molar-refractivity contribution in [1.82, 2.24) is 10.2 Å². The number of carbonyl (C=O) groups excluding carboxylic acids is 2. The molecule has 0 aliphatic heterocycles. The van der Waals surface area contributed by atoms with Crippen molar-refractivity contribution in [3.05, 3.63) is 16.0 Å². The van der Waals surface area contributed by atoms with E-state index in [4.69, 9.17) is 0 Å². The molecule has 1 aliphatic rings. The van der Waals surface area contributed by atoms with Crippen LogP contribution in [-0.4, -0.2) is 43.9 Å². The SMILES string of the molecule is CN(C)CCNC(=O)C(=O)Nc1sc2c(c1C#N)CCC2. The maximum Gasteiger partial charge on any atom is 0.314 e. The van der Waals surface area contributed by atoms with Gasteiger partial charge in [0.15, 0.2) is 0 Å². The molecule has 1 aliphatic carbocycles. The minimum atomic E-state index is -0.717. The van der Waals surface area contributed by atoms with Crippen LogP contribution in [0.2, 0.25) is 0 Å². The minimum absolute atomic E-state index is 0.408. The highest BCUT2D eigenvalue weighted by molar-refractivity contribution is 7.16. The van der Waals surface area contributed by atoms with Gasteiger partial charge in [-0.05, 0) is 38.9 Å². The molecule has 1 aromatic rings. The summed E-state index contributed by atoms with van der Waals surface area (Å²) in [6.45, 7) is 1.07. The maximum atomic E-state index is 11.8. The first-order valence-electron chi connectivity index (χ1n) is 6.81. The molecule has 1 aromatic heterocycles. The minimum Gasteiger partial charge on any atom is -0.347 e. The highest BCUT2D eigenvalue weighted by atomic mass is 32.1. The number of amides is 2. The Morgan fingerprint density at radius 1 is 1.33 bits per heavy atom. The summed E-state index contributed by atoms with van der Waals surface area (Å²) < 4.78 is 0. The van der Waals surface area contributed by atoms with Crippen molar-refractivity contribution in [2.75, 3.05) is 32.5 Å². The van der Waals surface area contributed by atoms with Crippen LogP contribution in [0.5, 0.6) is 0 Å². The Morgan fingerprint density at radius 3 is 2.76 bits per heavy atom. The molecule has 0 aromatic carbocycles. The predicted molar refractivity (Wildman–Crippen MR) is 81.3 cm³/mol. The van der Waals surface area contributed by atoms with Crippen LogP contribution in [0.3, 0.4) is 0 Å². The molecule has 0 spiro atoms. The van der Waals surface area contributed by atoms with Crippen molar-refractivity contribution in [3.8, 4) is 6.07 Å². The molecule has 7 heteroatoms. The number of hydrogen-bond acceptors (Lipinski definition) is 5. The highest BCUT2D eigenvalue weighted by Crippen LogP contribution is 2.38. The zero-order chi connectivity index (χ0) is 15.4. The third-order valence-electron chi connectivity index (χ3n) is 3.31. The van der Waals surface area contributed by atoms with E-state index >= 15 is 0 Å². The van der Waals surface area contributed by atoms with Gasteiger partial charge in [0.05, 0.1) is 5.56 Å². The topological polar surface area (TPSA) is 85.2 Å². The predicted octanol–water partition coefficient (Wildman–Crippen LogP) is 0.725. The molecule has 0 saturated heterocycles. The van der Waals surface area contributed by atoms with E-state index in [1.165, 1.54) is 11.3 Å². The van der Waals surface area contributed by atoms with E-state index in [0.717, 1.165) is 29.7 Å². The molecule has 0 saturated carbocycles. The quantitative estimate of drug-likeness (QED) is 0.803. The number of nitriles is 1. The number of nitrogens with one attached hydrogen (secondary N) is 2. The number of hydrogen-bond donors (Lipinski definition) is 2. The molecular formula is C14H18N4O2S. The smallest absolute Gasteiger partial charge is 0.314 e. The number of anilines is 1. The van der Waals surface area contributed by atoms with Gasteiger partial charge in [-0.1, -0.05) is 0 Å². The second-order valence-electron chi connectivity index (χ2n) is 5.19. The summed E-state index contributed by atoms with van der Waals surface area (Å²) in [7, 11) is 3.78. The summed E-state index contributed by atoms with van der Waals surface area (Å²) in [5.74, 6) is -1.39. The number of likely N-dealkylation sites (N-methyl/N-ethyl adjacent to an activating group) is 1. The van der Waals surface area contributed by atoms with Gasteiger partial charge in [-0.2, -0.15) is 5.26 Å². The summed E-state index contributed by atoms with van der Waals surface area (Å²) >= 11 is 1.40. The Labute approximate surface area is 127 Å². The molecule has 2 N–H and O–H groups in total. The van der Waals surface area contributed by atoms with Crippen molar-refractivity contribution in [2.24, 2.45) is 0 Å². The Morgan fingerprint density at radius 2 is 2.10 bits per heavy atom. The fraction of sp³-hybridized carbons (Fsp3) is 0.500. The van der Waals surface area contributed by atoms with Crippen LogP contribution in [0.25, 0.3) is 0 Å². The van der Waals surface area contributed by atoms with Crippen molar-refractivity contribution < 1.29 is 9.59 Å². The number of carbonyl (C=O) groups is 2. The summed E-state index contributed by atoms with van der Waals surface area (Å²) in [5, 5.41) is 14.8. The summed E-state index contributed by atoms with van der Waals surface area (Å²) in [5.41, 5.74) is 1.55. The van der Waals surface area contributed by atoms with Crippen LogP contribution < -0.4 is 10.6 Å². The molecule has 2 rings (SSSR count). The van der Waals surface area contributed by atoms with Crippen molar-refractivity contribution in [1.29, 1.82) is 5.26 Å². The van der Waals surface area contributed by atoms with Crippen molar-refractivity contribution in [3.63, 3.8) is 0 Å². The van der Waals surface area contributed by atoms with Gasteiger partial charge in [0.2, 0.25) is 0 Å². The first-order chi connectivity index (χ1) is 10.0.